The van der Waals surface area contributed by atoms with Crippen LogP contribution in [0.4, 0.5) is 36.3 Å². The van der Waals surface area contributed by atoms with Crippen LogP contribution < -0.4 is 20.3 Å². The maximum Gasteiger partial charge on any atom is 0.421 e. The van der Waals surface area contributed by atoms with Gasteiger partial charge in [0.1, 0.15) is 17.1 Å². The lowest BCUT2D eigenvalue weighted by Crippen LogP contribution is -2.61. The molecular formula is C27H37F3N6O2. The number of benzene rings is 1. The molecule has 0 bridgehead atoms. The number of carbonyl (C=O) groups is 1. The molecule has 1 amide bonds. The van der Waals surface area contributed by atoms with E-state index < -0.39 is 17.3 Å². The molecule has 8 nitrogen and oxygen atoms in total. The number of amides is 1. The topological polar surface area (TPSA) is 82.6 Å². The summed E-state index contributed by atoms with van der Waals surface area (Å²) in [4.78, 5) is 24.8. The highest BCUT2D eigenvalue weighted by Crippen LogP contribution is 2.42. The number of ether oxygens (including phenoxy) is 1. The molecule has 3 heterocycles. The fourth-order valence-corrected chi connectivity index (χ4v) is 5.52. The number of likely N-dealkylation sites (N-methyl/N-ethyl adjacent to an activating group) is 1. The molecule has 2 aliphatic heterocycles. The lowest BCUT2D eigenvalue weighted by Gasteiger charge is -2.53. The van der Waals surface area contributed by atoms with E-state index in [1.54, 1.807) is 36.9 Å². The Morgan fingerprint density at radius 2 is 1.74 bits per heavy atom. The number of likely N-dealkylation sites (tertiary alicyclic amines) is 1. The minimum Gasteiger partial charge on any atom is -0.476 e. The second-order valence-electron chi connectivity index (χ2n) is 11.9. The predicted molar refractivity (Wildman–Crippen MR) is 142 cm³/mol. The maximum atomic E-state index is 13.9. The molecule has 0 unspecified atom stereocenters. The lowest BCUT2D eigenvalue weighted by atomic mass is 9.77. The number of carbonyl (C=O) groups excluding carboxylic acids is 1. The van der Waals surface area contributed by atoms with Gasteiger partial charge < -0.3 is 20.3 Å². The number of rotatable bonds is 5. The smallest absolute Gasteiger partial charge is 0.421 e. The monoisotopic (exact) mass is 534 g/mol. The third-order valence-corrected chi connectivity index (χ3v) is 7.69. The second-order valence-corrected chi connectivity index (χ2v) is 11.9. The molecule has 2 aromatic rings. The van der Waals surface area contributed by atoms with Crippen molar-refractivity contribution in [3.8, 4) is 5.75 Å². The van der Waals surface area contributed by atoms with Crippen molar-refractivity contribution in [1.82, 2.24) is 14.9 Å². The van der Waals surface area contributed by atoms with Crippen molar-refractivity contribution in [2.24, 2.45) is 0 Å². The number of hydrogen-bond acceptors (Lipinski definition) is 7. The van der Waals surface area contributed by atoms with Crippen LogP contribution in [0.3, 0.4) is 0 Å². The van der Waals surface area contributed by atoms with Crippen molar-refractivity contribution in [2.45, 2.75) is 90.2 Å². The first kappa shape index (κ1) is 27.9. The van der Waals surface area contributed by atoms with E-state index in [9.17, 15) is 18.0 Å². The molecule has 1 saturated heterocycles. The van der Waals surface area contributed by atoms with Gasteiger partial charge in [-0.15, -0.1) is 0 Å². The summed E-state index contributed by atoms with van der Waals surface area (Å²) >= 11 is 0. The molecule has 0 spiro atoms. The Kier molecular flexibility index (Phi) is 6.83. The molecule has 0 radical (unpaired) electrons. The normalized spacial score (nSPS) is 21.0. The number of halogens is 3. The molecule has 0 saturated carbocycles. The van der Waals surface area contributed by atoms with Gasteiger partial charge in [0.15, 0.2) is 5.60 Å². The zero-order chi connectivity index (χ0) is 28.3. The third-order valence-electron chi connectivity index (χ3n) is 7.69. The number of alkyl halides is 3. The number of aromatic nitrogens is 2. The Balaban J connectivity index is 1.64. The van der Waals surface area contributed by atoms with Gasteiger partial charge in [0, 0.05) is 41.6 Å². The molecule has 2 aliphatic rings. The summed E-state index contributed by atoms with van der Waals surface area (Å²) in [5, 5.41) is 6.09. The van der Waals surface area contributed by atoms with Crippen LogP contribution in [0.2, 0.25) is 0 Å². The number of nitrogens with one attached hydrogen (secondary N) is 2. The predicted octanol–water partition coefficient (Wildman–Crippen LogP) is 5.83. The third kappa shape index (κ3) is 5.25. The van der Waals surface area contributed by atoms with Gasteiger partial charge in [-0.2, -0.15) is 18.2 Å². The average Bonchev–Trinajstić information content (AvgIpc) is 2.77. The molecule has 0 atom stereocenters. The molecule has 4 rings (SSSR count). The Bertz CT molecular complexity index is 1210. The van der Waals surface area contributed by atoms with Crippen molar-refractivity contribution in [2.75, 3.05) is 29.1 Å². The summed E-state index contributed by atoms with van der Waals surface area (Å²) in [7, 11) is 2.04. The van der Waals surface area contributed by atoms with Crippen molar-refractivity contribution in [3.05, 3.63) is 30.0 Å². The van der Waals surface area contributed by atoms with Gasteiger partial charge in [-0.1, -0.05) is 0 Å². The van der Waals surface area contributed by atoms with Gasteiger partial charge in [-0.3, -0.25) is 9.69 Å². The summed E-state index contributed by atoms with van der Waals surface area (Å²) in [5.41, 5.74) is -1.22. The Morgan fingerprint density at radius 3 is 2.32 bits per heavy atom. The zero-order valence-electron chi connectivity index (χ0n) is 23.2. The maximum absolute atomic E-state index is 13.9. The second kappa shape index (κ2) is 9.29. The van der Waals surface area contributed by atoms with Crippen molar-refractivity contribution in [1.29, 1.82) is 0 Å². The molecule has 208 valence electrons. The number of fused-ring (bicyclic) bond motifs is 1. The van der Waals surface area contributed by atoms with E-state index >= 15 is 0 Å². The van der Waals surface area contributed by atoms with Gasteiger partial charge in [0.25, 0.3) is 5.91 Å². The Labute approximate surface area is 222 Å². The first-order valence-corrected chi connectivity index (χ1v) is 12.8. The summed E-state index contributed by atoms with van der Waals surface area (Å²) in [6, 6.07) is 4.94. The van der Waals surface area contributed by atoms with Crippen LogP contribution in [0.1, 0.15) is 66.9 Å². The average molecular weight is 535 g/mol. The molecular weight excluding hydrogens is 497 g/mol. The molecule has 1 aromatic heterocycles. The van der Waals surface area contributed by atoms with Gasteiger partial charge in [-0.05, 0) is 80.5 Å². The van der Waals surface area contributed by atoms with Crippen LogP contribution >= 0.6 is 0 Å². The summed E-state index contributed by atoms with van der Waals surface area (Å²) in [6.45, 7) is 14.1. The van der Waals surface area contributed by atoms with Crippen molar-refractivity contribution in [3.63, 3.8) is 0 Å². The zero-order valence-corrected chi connectivity index (χ0v) is 23.2. The van der Waals surface area contributed by atoms with Crippen molar-refractivity contribution < 1.29 is 22.7 Å². The van der Waals surface area contributed by atoms with Crippen LogP contribution in [0.5, 0.6) is 5.75 Å². The summed E-state index contributed by atoms with van der Waals surface area (Å²) in [6.07, 6.45) is -2.50. The summed E-state index contributed by atoms with van der Waals surface area (Å²) < 4.78 is 47.6. The Morgan fingerprint density at radius 1 is 1.11 bits per heavy atom. The first-order valence-electron chi connectivity index (χ1n) is 12.8. The van der Waals surface area contributed by atoms with Crippen LogP contribution in [0.15, 0.2) is 24.4 Å². The summed E-state index contributed by atoms with van der Waals surface area (Å²) in [5.74, 6) is 0.109. The van der Waals surface area contributed by atoms with Crippen LogP contribution in [0, 0.1) is 0 Å². The number of piperidine rings is 1. The van der Waals surface area contributed by atoms with E-state index in [4.69, 9.17) is 4.74 Å². The minimum absolute atomic E-state index is 0.0189. The highest BCUT2D eigenvalue weighted by Gasteiger charge is 2.44. The lowest BCUT2D eigenvalue weighted by molar-refractivity contribution is -0.137. The van der Waals surface area contributed by atoms with Crippen molar-refractivity contribution >= 4 is 29.0 Å². The van der Waals surface area contributed by atoms with E-state index in [1.807, 2.05) is 14.0 Å². The first-order chi connectivity index (χ1) is 17.4. The fourth-order valence-electron chi connectivity index (χ4n) is 5.52. The van der Waals surface area contributed by atoms with Gasteiger partial charge in [0.05, 0.1) is 5.69 Å². The largest absolute Gasteiger partial charge is 0.476 e. The molecule has 1 aromatic carbocycles. The quantitative estimate of drug-likeness (QED) is 0.500. The van der Waals surface area contributed by atoms with E-state index in [-0.39, 0.29) is 34.8 Å². The van der Waals surface area contributed by atoms with Gasteiger partial charge in [0.2, 0.25) is 5.95 Å². The molecule has 2 N–H and O–H groups in total. The molecule has 11 heteroatoms. The van der Waals surface area contributed by atoms with Crippen LogP contribution in [-0.2, 0) is 11.0 Å². The molecule has 1 fully saturated rings. The van der Waals surface area contributed by atoms with E-state index in [0.717, 1.165) is 6.20 Å². The van der Waals surface area contributed by atoms with Gasteiger partial charge in [-0.25, -0.2) is 4.98 Å². The van der Waals surface area contributed by atoms with Crippen LogP contribution in [-0.4, -0.2) is 57.1 Å². The fraction of sp³-hybridized carbons (Fsp3) is 0.593. The highest BCUT2D eigenvalue weighted by atomic mass is 19.4. The van der Waals surface area contributed by atoms with E-state index in [2.05, 4.69) is 53.2 Å². The SMILES string of the molecule is CCN1C(=O)C(C)(C)Oc2cc(Nc3ncc(C(F)(F)F)c(NC4CC(C)(C)N(C)C(C)(C)C4)n3)ccc21. The standard InChI is InChI=1S/C27H37F3N6O2/c1-9-36-19-11-10-16(12-20(19)38-26(6,7)22(36)37)33-23-31-15-18(27(28,29)30)21(34-23)32-17-13-24(2,3)35(8)25(4,5)14-17/h10-12,15,17H,9,13-14H2,1-8H3,(H2,31,32,33,34). The molecule has 0 aliphatic carbocycles. The minimum atomic E-state index is -4.61. The van der Waals surface area contributed by atoms with E-state index in [1.165, 1.54) is 0 Å². The highest BCUT2D eigenvalue weighted by molar-refractivity contribution is 6.02. The number of hydrogen-bond donors (Lipinski definition) is 2. The number of anilines is 4. The Hall–Kier alpha value is -3.08. The molecule has 38 heavy (non-hydrogen) atoms. The van der Waals surface area contributed by atoms with Crippen LogP contribution in [0.25, 0.3) is 0 Å². The van der Waals surface area contributed by atoms with Gasteiger partial charge >= 0.3 is 6.18 Å². The number of nitrogens with zero attached hydrogens (tertiary/aromatic N) is 4. The van der Waals surface area contributed by atoms with E-state index in [0.29, 0.717) is 36.5 Å².